The molecule has 3 N–H and O–H groups in total. The average Bonchev–Trinajstić information content (AvgIpc) is 1.11. The van der Waals surface area contributed by atoms with Gasteiger partial charge in [0.2, 0.25) is 0 Å². The molecule has 0 aliphatic carbocycles. The number of hydrogen-bond acceptors (Lipinski definition) is 15. The molecule has 0 bridgehead atoms. The normalized spacial score (nSPS) is 14.6. The van der Waals surface area contributed by atoms with Crippen molar-refractivity contribution >= 4 is 39.5 Å². The highest BCUT2D eigenvalue weighted by Gasteiger charge is 2.30. The molecule has 0 saturated carbocycles. The molecule has 0 aliphatic rings. The summed E-state index contributed by atoms with van der Waals surface area (Å²) in [6, 6.07) is 0. The highest BCUT2D eigenvalue weighted by atomic mass is 31.2. The van der Waals surface area contributed by atoms with Crippen LogP contribution in [0.15, 0.2) is 0 Å². The fourth-order valence-corrected chi connectivity index (χ4v) is 13.3. The third-order valence-corrected chi connectivity index (χ3v) is 20.5. The number of aliphatic hydroxyl groups is 1. The van der Waals surface area contributed by atoms with Gasteiger partial charge in [-0.1, -0.05) is 344 Å². The summed E-state index contributed by atoms with van der Waals surface area (Å²) < 4.78 is 68.5. The molecular weight excluding hydrogens is 1260 g/mol. The third-order valence-electron chi connectivity index (χ3n) is 18.6. The summed E-state index contributed by atoms with van der Waals surface area (Å²) in [6.45, 7) is 12.0. The second kappa shape index (κ2) is 67.5. The molecule has 0 aromatic carbocycles. The topological polar surface area (TPSA) is 237 Å². The molecule has 4 unspecified atom stereocenters. The number of phosphoric ester groups is 2. The summed E-state index contributed by atoms with van der Waals surface area (Å²) in [5.74, 6) is 0.313. The van der Waals surface area contributed by atoms with Crippen molar-refractivity contribution in [2.45, 2.75) is 414 Å². The van der Waals surface area contributed by atoms with Crippen molar-refractivity contribution in [2.75, 3.05) is 39.6 Å². The van der Waals surface area contributed by atoms with Crippen molar-refractivity contribution in [1.82, 2.24) is 0 Å². The van der Waals surface area contributed by atoms with Gasteiger partial charge in [0, 0.05) is 25.7 Å². The van der Waals surface area contributed by atoms with Crippen LogP contribution in [0, 0.1) is 17.8 Å². The van der Waals surface area contributed by atoms with Gasteiger partial charge in [-0.3, -0.25) is 37.3 Å². The average molecular weight is 1410 g/mol. The predicted molar refractivity (Wildman–Crippen MR) is 391 cm³/mol. The Kier molecular flexibility index (Phi) is 66.2. The van der Waals surface area contributed by atoms with Crippen LogP contribution in [0.25, 0.3) is 0 Å². The number of esters is 4. The number of phosphoric acid groups is 2. The van der Waals surface area contributed by atoms with E-state index in [1.165, 1.54) is 199 Å². The number of hydrogen-bond donors (Lipinski definition) is 3. The summed E-state index contributed by atoms with van der Waals surface area (Å²) in [4.78, 5) is 72.8. The zero-order valence-corrected chi connectivity index (χ0v) is 64.6. The van der Waals surface area contributed by atoms with Crippen molar-refractivity contribution < 1.29 is 80.2 Å². The van der Waals surface area contributed by atoms with Crippen molar-refractivity contribution in [1.29, 1.82) is 0 Å². The van der Waals surface area contributed by atoms with Crippen LogP contribution >= 0.6 is 15.6 Å². The largest absolute Gasteiger partial charge is 0.472 e. The van der Waals surface area contributed by atoms with Gasteiger partial charge in [-0.05, 0) is 43.4 Å². The second-order valence-electron chi connectivity index (χ2n) is 28.7. The molecule has 96 heavy (non-hydrogen) atoms. The van der Waals surface area contributed by atoms with Gasteiger partial charge in [0.05, 0.1) is 26.4 Å². The molecule has 0 heterocycles. The van der Waals surface area contributed by atoms with E-state index < -0.39 is 97.5 Å². The molecule has 0 aromatic rings. The lowest BCUT2D eigenvalue weighted by molar-refractivity contribution is -0.161. The summed E-state index contributed by atoms with van der Waals surface area (Å²) in [5.41, 5.74) is 0. The van der Waals surface area contributed by atoms with Crippen molar-refractivity contribution in [3.8, 4) is 0 Å². The molecule has 0 spiro atoms. The first-order chi connectivity index (χ1) is 46.3. The first-order valence-electron chi connectivity index (χ1n) is 39.9. The van der Waals surface area contributed by atoms with Gasteiger partial charge in [-0.15, -0.1) is 0 Å². The van der Waals surface area contributed by atoms with Crippen LogP contribution in [0.2, 0.25) is 0 Å². The Morgan fingerprint density at radius 1 is 0.302 bits per heavy atom. The van der Waals surface area contributed by atoms with Crippen molar-refractivity contribution in [3.63, 3.8) is 0 Å². The van der Waals surface area contributed by atoms with E-state index in [-0.39, 0.29) is 25.7 Å². The van der Waals surface area contributed by atoms with Gasteiger partial charge < -0.3 is 33.8 Å². The molecule has 0 rings (SSSR count). The standard InChI is InChI=1S/C77H150O17P2/c1-8-11-12-13-14-37-44-51-58-74(79)87-64-72(94-77(82)61-54-47-40-33-27-28-34-41-48-55-68(4)5)66-91-95(83,84)89-62-71(78)63-90-96(85,86)92-67-73(93-76(81)60-53-46-39-32-26-22-18-16-20-24-30-36-43-50-57-70(7)10-3)65-88-75(80)59-52-45-38-31-25-21-17-15-19-23-29-35-42-49-56-69(6)9-2/h68-73,78H,8-67H2,1-7H3,(H,83,84)(H,85,86)/t69?,70?,71-,72+,73+/m0/s1. The monoisotopic (exact) mass is 1410 g/mol. The van der Waals surface area contributed by atoms with Crippen LogP contribution in [-0.4, -0.2) is 96.7 Å². The quantitative estimate of drug-likeness (QED) is 0.0222. The molecule has 0 aromatic heterocycles. The molecule has 19 heteroatoms. The lowest BCUT2D eigenvalue weighted by Gasteiger charge is -2.21. The molecule has 570 valence electrons. The summed E-state index contributed by atoms with van der Waals surface area (Å²) in [6.07, 6.45) is 54.1. The first-order valence-corrected chi connectivity index (χ1v) is 42.9. The minimum Gasteiger partial charge on any atom is -0.462 e. The fraction of sp³-hybridized carbons (Fsp3) is 0.948. The Morgan fingerprint density at radius 3 is 0.792 bits per heavy atom. The fourth-order valence-electron chi connectivity index (χ4n) is 11.7. The highest BCUT2D eigenvalue weighted by Crippen LogP contribution is 2.45. The molecule has 0 fully saturated rings. The Bertz CT molecular complexity index is 1870. The number of aliphatic hydroxyl groups excluding tert-OH is 1. The number of unbranched alkanes of at least 4 members (excludes halogenated alkanes) is 41. The van der Waals surface area contributed by atoms with Gasteiger partial charge in [-0.25, -0.2) is 9.13 Å². The number of carbonyl (C=O) groups excluding carboxylic acids is 4. The molecular formula is C77H150O17P2. The summed E-state index contributed by atoms with van der Waals surface area (Å²) in [5, 5.41) is 10.6. The van der Waals surface area contributed by atoms with Crippen LogP contribution in [-0.2, 0) is 65.4 Å². The smallest absolute Gasteiger partial charge is 0.462 e. The Morgan fingerprint density at radius 2 is 0.531 bits per heavy atom. The van der Waals surface area contributed by atoms with E-state index in [0.29, 0.717) is 25.7 Å². The van der Waals surface area contributed by atoms with Gasteiger partial charge in [0.25, 0.3) is 0 Å². The summed E-state index contributed by atoms with van der Waals surface area (Å²) in [7, 11) is -9.91. The first kappa shape index (κ1) is 94.1. The van der Waals surface area contributed by atoms with E-state index in [1.54, 1.807) is 0 Å². The van der Waals surface area contributed by atoms with Gasteiger partial charge in [-0.2, -0.15) is 0 Å². The van der Waals surface area contributed by atoms with E-state index in [9.17, 15) is 43.2 Å². The minimum atomic E-state index is -4.96. The van der Waals surface area contributed by atoms with Crippen LogP contribution in [0.5, 0.6) is 0 Å². The van der Waals surface area contributed by atoms with Crippen molar-refractivity contribution in [2.24, 2.45) is 17.8 Å². The van der Waals surface area contributed by atoms with Crippen LogP contribution < -0.4 is 0 Å². The van der Waals surface area contributed by atoms with Crippen LogP contribution in [0.4, 0.5) is 0 Å². The molecule has 0 amide bonds. The van der Waals surface area contributed by atoms with E-state index in [2.05, 4.69) is 48.5 Å². The summed E-state index contributed by atoms with van der Waals surface area (Å²) >= 11 is 0. The predicted octanol–water partition coefficient (Wildman–Crippen LogP) is 22.6. The van der Waals surface area contributed by atoms with Gasteiger partial charge in [0.15, 0.2) is 12.2 Å². The Labute approximate surface area is 588 Å². The Hall–Kier alpha value is -1.94. The molecule has 0 aliphatic heterocycles. The van der Waals surface area contributed by atoms with E-state index in [0.717, 1.165) is 114 Å². The SMILES string of the molecule is CCCCCCCCCCC(=O)OC[C@H](COP(=O)(O)OC[C@H](O)COP(=O)(O)OC[C@@H](COC(=O)CCCCCCCCCCCCCCCCC(C)CC)OC(=O)CCCCCCCCCCCCCCCCC(C)CC)OC(=O)CCCCCCCCCCCC(C)C. The number of carbonyl (C=O) groups is 4. The molecule has 7 atom stereocenters. The molecule has 17 nitrogen and oxygen atoms in total. The van der Waals surface area contributed by atoms with Crippen LogP contribution in [0.1, 0.15) is 395 Å². The second-order valence-corrected chi connectivity index (χ2v) is 31.6. The van der Waals surface area contributed by atoms with Crippen LogP contribution in [0.3, 0.4) is 0 Å². The highest BCUT2D eigenvalue weighted by molar-refractivity contribution is 7.47. The third kappa shape index (κ3) is 67.9. The zero-order chi connectivity index (χ0) is 70.9. The van der Waals surface area contributed by atoms with E-state index in [1.807, 2.05) is 0 Å². The minimum absolute atomic E-state index is 0.105. The number of rotatable bonds is 75. The maximum Gasteiger partial charge on any atom is 0.472 e. The van der Waals surface area contributed by atoms with Crippen molar-refractivity contribution in [3.05, 3.63) is 0 Å². The lowest BCUT2D eigenvalue weighted by Crippen LogP contribution is -2.30. The lowest BCUT2D eigenvalue weighted by atomic mass is 9.99. The maximum absolute atomic E-state index is 13.1. The zero-order valence-electron chi connectivity index (χ0n) is 62.8. The molecule has 0 saturated heterocycles. The van der Waals surface area contributed by atoms with E-state index >= 15 is 0 Å². The number of ether oxygens (including phenoxy) is 4. The molecule has 0 radical (unpaired) electrons. The van der Waals surface area contributed by atoms with Gasteiger partial charge >= 0.3 is 39.5 Å². The Balaban J connectivity index is 5.21. The maximum atomic E-state index is 13.1. The van der Waals surface area contributed by atoms with Gasteiger partial charge in [0.1, 0.15) is 19.3 Å². The van der Waals surface area contributed by atoms with E-state index in [4.69, 9.17) is 37.0 Å².